The van der Waals surface area contributed by atoms with Gasteiger partial charge in [0, 0.05) is 34.9 Å². The maximum Gasteiger partial charge on any atom is 0.354 e. The van der Waals surface area contributed by atoms with Crippen LogP contribution < -0.4 is 4.90 Å². The topological polar surface area (TPSA) is 78.5 Å². The molecule has 0 aliphatic carbocycles. The van der Waals surface area contributed by atoms with Crippen LogP contribution in [0.15, 0.2) is 48.5 Å². The summed E-state index contributed by atoms with van der Waals surface area (Å²) in [6, 6.07) is 14.9. The molecule has 2 N–H and O–H groups in total. The minimum absolute atomic E-state index is 0.0598. The van der Waals surface area contributed by atoms with Gasteiger partial charge in [0.25, 0.3) is 0 Å². The van der Waals surface area contributed by atoms with Gasteiger partial charge in [-0.25, -0.2) is 9.78 Å². The van der Waals surface area contributed by atoms with Crippen molar-refractivity contribution in [2.24, 2.45) is 0 Å². The molecule has 2 aromatic carbocycles. The molecule has 1 saturated heterocycles. The summed E-state index contributed by atoms with van der Waals surface area (Å²) in [7, 11) is 0. The molecular weight excluding hydrogens is 366 g/mol. The Kier molecular flexibility index (Phi) is 4.83. The van der Waals surface area contributed by atoms with Crippen molar-refractivity contribution in [3.8, 4) is 22.6 Å². The van der Waals surface area contributed by atoms with Gasteiger partial charge in [0.05, 0.1) is 13.2 Å². The fraction of sp³-hybridized carbons (Fsp3) is 0.200. The van der Waals surface area contributed by atoms with Crippen molar-refractivity contribution in [1.29, 1.82) is 0 Å². The number of H-pyrrole nitrogens is 1. The molecule has 27 heavy (non-hydrogen) atoms. The summed E-state index contributed by atoms with van der Waals surface area (Å²) in [6.07, 6.45) is 0. The lowest BCUT2D eigenvalue weighted by Gasteiger charge is -2.28. The Balaban J connectivity index is 1.66. The number of hydrogen-bond acceptors (Lipinski definition) is 4. The van der Waals surface area contributed by atoms with E-state index in [9.17, 15) is 9.90 Å². The summed E-state index contributed by atoms with van der Waals surface area (Å²) >= 11 is 5.93. The molecule has 2 heterocycles. The normalized spacial score (nSPS) is 14.3. The predicted octanol–water partition coefficient (Wildman–Crippen LogP) is 3.93. The Morgan fingerprint density at radius 2 is 1.67 bits per heavy atom. The first-order chi connectivity index (χ1) is 13.1. The number of carbonyl (C=O) groups is 1. The van der Waals surface area contributed by atoms with E-state index in [0.717, 1.165) is 37.6 Å². The fourth-order valence-electron chi connectivity index (χ4n) is 3.13. The molecule has 0 spiro atoms. The van der Waals surface area contributed by atoms with E-state index >= 15 is 0 Å². The summed E-state index contributed by atoms with van der Waals surface area (Å²) in [5.41, 5.74) is 3.10. The van der Waals surface area contributed by atoms with Crippen molar-refractivity contribution in [2.75, 3.05) is 31.2 Å². The van der Waals surface area contributed by atoms with Gasteiger partial charge in [-0.05, 0) is 36.4 Å². The lowest BCUT2D eigenvalue weighted by atomic mass is 10.1. The number of morpholine rings is 1. The van der Waals surface area contributed by atoms with Gasteiger partial charge in [-0.15, -0.1) is 0 Å². The Bertz CT molecular complexity index is 946. The highest BCUT2D eigenvalue weighted by Gasteiger charge is 2.19. The second-order valence-electron chi connectivity index (χ2n) is 6.27. The van der Waals surface area contributed by atoms with Gasteiger partial charge in [0.1, 0.15) is 11.5 Å². The first-order valence-corrected chi connectivity index (χ1v) is 9.02. The lowest BCUT2D eigenvalue weighted by Crippen LogP contribution is -2.36. The number of aromatic carboxylic acids is 1. The van der Waals surface area contributed by atoms with Crippen LogP contribution in [0.1, 0.15) is 10.5 Å². The Morgan fingerprint density at radius 1 is 1.04 bits per heavy atom. The Labute approximate surface area is 161 Å². The van der Waals surface area contributed by atoms with Crippen LogP contribution in [-0.2, 0) is 4.74 Å². The number of benzene rings is 2. The van der Waals surface area contributed by atoms with Crippen molar-refractivity contribution >= 4 is 23.3 Å². The standard InChI is InChI=1S/C20H18ClN3O3/c21-15-5-1-13(2-6-15)17-18(20(25)26)23-19(22-17)14-3-7-16(8-4-14)24-9-11-27-12-10-24/h1-8H,9-12H2,(H,22,23)(H,25,26). The van der Waals surface area contributed by atoms with Gasteiger partial charge in [-0.3, -0.25) is 0 Å². The second-order valence-corrected chi connectivity index (χ2v) is 6.70. The van der Waals surface area contributed by atoms with Crippen LogP contribution in [0, 0.1) is 0 Å². The average molecular weight is 384 g/mol. The number of aromatic nitrogens is 2. The summed E-state index contributed by atoms with van der Waals surface area (Å²) < 4.78 is 5.38. The molecule has 0 unspecified atom stereocenters. The first kappa shape index (κ1) is 17.6. The van der Waals surface area contributed by atoms with E-state index in [1.807, 2.05) is 24.3 Å². The van der Waals surface area contributed by atoms with Gasteiger partial charge in [0.2, 0.25) is 0 Å². The Morgan fingerprint density at radius 3 is 2.30 bits per heavy atom. The predicted molar refractivity (Wildman–Crippen MR) is 104 cm³/mol. The molecule has 0 bridgehead atoms. The zero-order valence-electron chi connectivity index (χ0n) is 14.5. The lowest BCUT2D eigenvalue weighted by molar-refractivity contribution is 0.0692. The highest BCUT2D eigenvalue weighted by atomic mass is 35.5. The molecule has 138 valence electrons. The number of aromatic amines is 1. The quantitative estimate of drug-likeness (QED) is 0.713. The third-order valence-corrected chi connectivity index (χ3v) is 4.80. The van der Waals surface area contributed by atoms with E-state index in [-0.39, 0.29) is 5.69 Å². The third-order valence-electron chi connectivity index (χ3n) is 4.55. The number of carboxylic acid groups (broad SMARTS) is 1. The molecule has 4 rings (SSSR count). The smallest absolute Gasteiger partial charge is 0.354 e. The van der Waals surface area contributed by atoms with Gasteiger partial charge in [0.15, 0.2) is 5.69 Å². The molecule has 1 aliphatic heterocycles. The monoisotopic (exact) mass is 383 g/mol. The summed E-state index contributed by atoms with van der Waals surface area (Å²) in [6.45, 7) is 3.19. The first-order valence-electron chi connectivity index (χ1n) is 8.64. The number of rotatable bonds is 4. The van der Waals surface area contributed by atoms with Gasteiger partial charge >= 0.3 is 5.97 Å². The van der Waals surface area contributed by atoms with E-state index in [2.05, 4.69) is 14.9 Å². The molecule has 7 heteroatoms. The maximum atomic E-state index is 11.7. The van der Waals surface area contributed by atoms with Crippen LogP contribution in [0.5, 0.6) is 0 Å². The van der Waals surface area contributed by atoms with E-state index < -0.39 is 5.97 Å². The second kappa shape index (κ2) is 7.42. The minimum atomic E-state index is -1.05. The van der Waals surface area contributed by atoms with E-state index in [0.29, 0.717) is 22.1 Å². The summed E-state index contributed by atoms with van der Waals surface area (Å²) in [4.78, 5) is 21.4. The molecule has 0 atom stereocenters. The van der Waals surface area contributed by atoms with Crippen LogP contribution in [0.3, 0.4) is 0 Å². The highest BCUT2D eigenvalue weighted by molar-refractivity contribution is 6.30. The number of carboxylic acids is 1. The average Bonchev–Trinajstić information content (AvgIpc) is 3.15. The zero-order chi connectivity index (χ0) is 18.8. The SMILES string of the molecule is O=C(O)c1[nH]c(-c2ccc(N3CCOCC3)cc2)nc1-c1ccc(Cl)cc1. The van der Waals surface area contributed by atoms with Crippen molar-refractivity contribution in [3.63, 3.8) is 0 Å². The van der Waals surface area contributed by atoms with Crippen LogP contribution in [0.25, 0.3) is 22.6 Å². The third kappa shape index (κ3) is 3.67. The molecule has 0 amide bonds. The number of anilines is 1. The van der Waals surface area contributed by atoms with Crippen molar-refractivity contribution in [2.45, 2.75) is 0 Å². The number of hydrogen-bond donors (Lipinski definition) is 2. The fourth-order valence-corrected chi connectivity index (χ4v) is 3.26. The van der Waals surface area contributed by atoms with E-state index in [4.69, 9.17) is 16.3 Å². The van der Waals surface area contributed by atoms with E-state index in [1.165, 1.54) is 0 Å². The Hall–Kier alpha value is -2.83. The van der Waals surface area contributed by atoms with Crippen molar-refractivity contribution in [3.05, 3.63) is 59.2 Å². The molecule has 1 aliphatic rings. The van der Waals surface area contributed by atoms with Gasteiger partial charge in [-0.1, -0.05) is 23.7 Å². The highest BCUT2D eigenvalue weighted by Crippen LogP contribution is 2.28. The molecule has 6 nitrogen and oxygen atoms in total. The molecule has 1 fully saturated rings. The molecular formula is C20H18ClN3O3. The summed E-state index contributed by atoms with van der Waals surface area (Å²) in [5.74, 6) is -0.533. The van der Waals surface area contributed by atoms with Crippen LogP contribution in [-0.4, -0.2) is 47.3 Å². The molecule has 1 aromatic heterocycles. The number of ether oxygens (including phenoxy) is 1. The maximum absolute atomic E-state index is 11.7. The zero-order valence-corrected chi connectivity index (χ0v) is 15.2. The van der Waals surface area contributed by atoms with Gasteiger partial charge < -0.3 is 19.7 Å². The van der Waals surface area contributed by atoms with Crippen LogP contribution in [0.4, 0.5) is 5.69 Å². The summed E-state index contributed by atoms with van der Waals surface area (Å²) in [5, 5.41) is 10.1. The van der Waals surface area contributed by atoms with E-state index in [1.54, 1.807) is 24.3 Å². The van der Waals surface area contributed by atoms with Crippen molar-refractivity contribution in [1.82, 2.24) is 9.97 Å². The number of imidazole rings is 1. The number of nitrogens with zero attached hydrogens (tertiary/aromatic N) is 2. The molecule has 0 saturated carbocycles. The van der Waals surface area contributed by atoms with Crippen molar-refractivity contribution < 1.29 is 14.6 Å². The van der Waals surface area contributed by atoms with Crippen LogP contribution >= 0.6 is 11.6 Å². The number of halogens is 1. The minimum Gasteiger partial charge on any atom is -0.477 e. The number of nitrogens with one attached hydrogen (secondary N) is 1. The molecule has 0 radical (unpaired) electrons. The molecule has 3 aromatic rings. The van der Waals surface area contributed by atoms with Crippen LogP contribution in [0.2, 0.25) is 5.02 Å². The van der Waals surface area contributed by atoms with Gasteiger partial charge in [-0.2, -0.15) is 0 Å². The largest absolute Gasteiger partial charge is 0.477 e.